The lowest BCUT2D eigenvalue weighted by molar-refractivity contribution is 0.0790. The highest BCUT2D eigenvalue weighted by molar-refractivity contribution is 5.94. The maximum Gasteiger partial charge on any atom is 0.253 e. The monoisotopic (exact) mass is 449 g/mol. The summed E-state index contributed by atoms with van der Waals surface area (Å²) in [5, 5.41) is 3.25. The Morgan fingerprint density at radius 3 is 2.70 bits per heavy atom. The number of ether oxygens (including phenoxy) is 2. The predicted molar refractivity (Wildman–Crippen MR) is 126 cm³/mol. The number of aromatic nitrogens is 1. The SMILES string of the molecule is COCCOc1ccc(C(=O)N2CCC(c3cc(Nc4cccc(F)c4)cc(C)n3)C2)cc1. The topological polar surface area (TPSA) is 63.7 Å². The Hall–Kier alpha value is -3.45. The third-order valence-corrected chi connectivity index (χ3v) is 5.64. The van der Waals surface area contributed by atoms with Crippen LogP contribution in [0, 0.1) is 12.7 Å². The normalized spacial score (nSPS) is 15.5. The van der Waals surface area contributed by atoms with Crippen LogP contribution in [0.2, 0.25) is 0 Å². The molecule has 1 atom stereocenters. The van der Waals surface area contributed by atoms with E-state index >= 15 is 0 Å². The number of benzene rings is 2. The fourth-order valence-corrected chi connectivity index (χ4v) is 4.01. The van der Waals surface area contributed by atoms with Crippen molar-refractivity contribution in [1.82, 2.24) is 9.88 Å². The van der Waals surface area contributed by atoms with Crippen molar-refractivity contribution in [3.8, 4) is 5.75 Å². The molecule has 1 aliphatic heterocycles. The summed E-state index contributed by atoms with van der Waals surface area (Å²) in [7, 11) is 1.63. The van der Waals surface area contributed by atoms with E-state index in [0.717, 1.165) is 23.5 Å². The molecule has 0 bridgehead atoms. The lowest BCUT2D eigenvalue weighted by Crippen LogP contribution is -2.28. The number of amides is 1. The molecule has 1 N–H and O–H groups in total. The van der Waals surface area contributed by atoms with Gasteiger partial charge in [0.1, 0.15) is 18.2 Å². The van der Waals surface area contributed by atoms with Crippen molar-refractivity contribution < 1.29 is 18.7 Å². The Morgan fingerprint density at radius 1 is 1.12 bits per heavy atom. The van der Waals surface area contributed by atoms with Crippen LogP contribution in [-0.2, 0) is 4.74 Å². The van der Waals surface area contributed by atoms with Crippen molar-refractivity contribution in [1.29, 1.82) is 0 Å². The van der Waals surface area contributed by atoms with Crippen molar-refractivity contribution in [2.45, 2.75) is 19.3 Å². The Kier molecular flexibility index (Phi) is 7.19. The summed E-state index contributed by atoms with van der Waals surface area (Å²) in [6.45, 7) is 4.21. The largest absolute Gasteiger partial charge is 0.491 e. The third kappa shape index (κ3) is 5.87. The van der Waals surface area contributed by atoms with Gasteiger partial charge in [0.15, 0.2) is 0 Å². The van der Waals surface area contributed by atoms with Crippen LogP contribution in [0.15, 0.2) is 60.7 Å². The first kappa shape index (κ1) is 22.7. The molecule has 6 nitrogen and oxygen atoms in total. The first-order valence-corrected chi connectivity index (χ1v) is 11.0. The molecule has 1 amide bonds. The van der Waals surface area contributed by atoms with Gasteiger partial charge in [-0.1, -0.05) is 6.07 Å². The highest BCUT2D eigenvalue weighted by Crippen LogP contribution is 2.30. The Balaban J connectivity index is 1.41. The molecule has 33 heavy (non-hydrogen) atoms. The van der Waals surface area contributed by atoms with Crippen LogP contribution in [0.3, 0.4) is 0 Å². The molecule has 2 heterocycles. The molecule has 0 saturated carbocycles. The van der Waals surface area contributed by atoms with E-state index in [-0.39, 0.29) is 17.6 Å². The van der Waals surface area contributed by atoms with Crippen molar-refractivity contribution in [2.24, 2.45) is 0 Å². The number of pyridine rings is 1. The number of anilines is 2. The van der Waals surface area contributed by atoms with Gasteiger partial charge < -0.3 is 19.7 Å². The smallest absolute Gasteiger partial charge is 0.253 e. The summed E-state index contributed by atoms with van der Waals surface area (Å²) >= 11 is 0. The fraction of sp³-hybridized carbons (Fsp3) is 0.308. The second-order valence-corrected chi connectivity index (χ2v) is 8.16. The number of methoxy groups -OCH3 is 1. The van der Waals surface area contributed by atoms with E-state index < -0.39 is 0 Å². The van der Waals surface area contributed by atoms with Gasteiger partial charge in [-0.15, -0.1) is 0 Å². The molecule has 7 heteroatoms. The van der Waals surface area contributed by atoms with Crippen LogP contribution < -0.4 is 10.1 Å². The van der Waals surface area contributed by atoms with E-state index in [4.69, 9.17) is 14.5 Å². The van der Waals surface area contributed by atoms with E-state index in [1.54, 1.807) is 25.3 Å². The first-order valence-electron chi connectivity index (χ1n) is 11.0. The van der Waals surface area contributed by atoms with E-state index in [1.165, 1.54) is 12.1 Å². The second-order valence-electron chi connectivity index (χ2n) is 8.16. The number of likely N-dealkylation sites (tertiary alicyclic amines) is 1. The fourth-order valence-electron chi connectivity index (χ4n) is 4.01. The molecule has 1 fully saturated rings. The average Bonchev–Trinajstić information content (AvgIpc) is 3.29. The molecule has 0 aliphatic carbocycles. The Bertz CT molecular complexity index is 1100. The van der Waals surface area contributed by atoms with Crippen molar-refractivity contribution in [2.75, 3.05) is 38.7 Å². The minimum Gasteiger partial charge on any atom is -0.491 e. The van der Waals surface area contributed by atoms with E-state index in [2.05, 4.69) is 5.32 Å². The van der Waals surface area contributed by atoms with Crippen molar-refractivity contribution in [3.63, 3.8) is 0 Å². The van der Waals surface area contributed by atoms with Crippen molar-refractivity contribution >= 4 is 17.3 Å². The number of hydrogen-bond donors (Lipinski definition) is 1. The highest BCUT2D eigenvalue weighted by Gasteiger charge is 2.29. The maximum atomic E-state index is 13.5. The predicted octanol–water partition coefficient (Wildman–Crippen LogP) is 4.93. The molecule has 4 rings (SSSR count). The van der Waals surface area contributed by atoms with Gasteiger partial charge in [0, 0.05) is 54.4 Å². The molecular weight excluding hydrogens is 421 g/mol. The van der Waals surface area contributed by atoms with Crippen LogP contribution in [-0.4, -0.2) is 49.2 Å². The molecule has 2 aromatic carbocycles. The molecule has 0 radical (unpaired) electrons. The van der Waals surface area contributed by atoms with E-state index in [0.29, 0.717) is 43.3 Å². The standard InChI is InChI=1S/C26H28FN3O3/c1-18-14-23(29-22-5-3-4-21(27)15-22)16-25(28-18)20-10-11-30(17-20)26(31)19-6-8-24(9-7-19)33-13-12-32-2/h3-9,14-16,20H,10-13,17H2,1-2H3,(H,28,29). The number of carbonyl (C=O) groups excluding carboxylic acids is 1. The van der Waals surface area contributed by atoms with Crippen LogP contribution in [0.1, 0.15) is 34.1 Å². The van der Waals surface area contributed by atoms with Gasteiger partial charge >= 0.3 is 0 Å². The number of nitrogens with one attached hydrogen (secondary N) is 1. The Morgan fingerprint density at radius 2 is 1.94 bits per heavy atom. The van der Waals surface area contributed by atoms with E-state index in [1.807, 2.05) is 42.2 Å². The number of hydrogen-bond acceptors (Lipinski definition) is 5. The summed E-state index contributed by atoms with van der Waals surface area (Å²) in [5.41, 5.74) is 3.99. The summed E-state index contributed by atoms with van der Waals surface area (Å²) in [4.78, 5) is 19.6. The average molecular weight is 450 g/mol. The zero-order valence-corrected chi connectivity index (χ0v) is 18.9. The second kappa shape index (κ2) is 10.4. The number of halogens is 1. The molecule has 1 unspecified atom stereocenters. The molecule has 1 aromatic heterocycles. The minimum atomic E-state index is -0.287. The van der Waals surface area contributed by atoms with Gasteiger partial charge in [-0.05, 0) is 67.9 Å². The van der Waals surface area contributed by atoms with Gasteiger partial charge in [0.05, 0.1) is 6.61 Å². The highest BCUT2D eigenvalue weighted by atomic mass is 19.1. The zero-order valence-electron chi connectivity index (χ0n) is 18.9. The lowest BCUT2D eigenvalue weighted by Gasteiger charge is -2.17. The van der Waals surface area contributed by atoms with Gasteiger partial charge in [0.2, 0.25) is 0 Å². The number of rotatable bonds is 8. The summed E-state index contributed by atoms with van der Waals surface area (Å²) in [6.07, 6.45) is 0.847. The van der Waals surface area contributed by atoms with Crippen LogP contribution >= 0.6 is 0 Å². The van der Waals surface area contributed by atoms with Crippen LogP contribution in [0.25, 0.3) is 0 Å². The van der Waals surface area contributed by atoms with Crippen molar-refractivity contribution in [3.05, 3.63) is 83.4 Å². The zero-order chi connectivity index (χ0) is 23.2. The molecular formula is C26H28FN3O3. The molecule has 3 aromatic rings. The third-order valence-electron chi connectivity index (χ3n) is 5.64. The summed E-state index contributed by atoms with van der Waals surface area (Å²) < 4.78 is 24.1. The molecule has 172 valence electrons. The Labute approximate surface area is 193 Å². The van der Waals surface area contributed by atoms with Crippen LogP contribution in [0.4, 0.5) is 15.8 Å². The van der Waals surface area contributed by atoms with Gasteiger partial charge in [-0.25, -0.2) is 4.39 Å². The summed E-state index contributed by atoms with van der Waals surface area (Å²) in [6, 6.07) is 17.5. The minimum absolute atomic E-state index is 0.00621. The number of nitrogens with zero attached hydrogens (tertiary/aromatic N) is 2. The lowest BCUT2D eigenvalue weighted by atomic mass is 10.0. The molecule has 1 aliphatic rings. The number of aryl methyl sites for hydroxylation is 1. The number of carbonyl (C=O) groups is 1. The van der Waals surface area contributed by atoms with E-state index in [9.17, 15) is 9.18 Å². The quantitative estimate of drug-likeness (QED) is 0.494. The maximum absolute atomic E-state index is 13.5. The van der Waals surface area contributed by atoms with Gasteiger partial charge in [0.25, 0.3) is 5.91 Å². The molecule has 1 saturated heterocycles. The van der Waals surface area contributed by atoms with Gasteiger partial charge in [-0.3, -0.25) is 9.78 Å². The molecule has 0 spiro atoms. The van der Waals surface area contributed by atoms with Crippen LogP contribution in [0.5, 0.6) is 5.75 Å². The van der Waals surface area contributed by atoms with Gasteiger partial charge in [-0.2, -0.15) is 0 Å². The summed E-state index contributed by atoms with van der Waals surface area (Å²) in [5.74, 6) is 0.584. The first-order chi connectivity index (χ1) is 16.0.